The molecule has 0 aromatic heterocycles. The zero-order valence-corrected chi connectivity index (χ0v) is 14.7. The van der Waals surface area contributed by atoms with Gasteiger partial charge in [0.25, 0.3) is 0 Å². The normalized spacial score (nSPS) is 12.7. The highest BCUT2D eigenvalue weighted by Crippen LogP contribution is 2.17. The van der Waals surface area contributed by atoms with Gasteiger partial charge < -0.3 is 19.3 Å². The summed E-state index contributed by atoms with van der Waals surface area (Å²) < 4.78 is 14.9. The summed E-state index contributed by atoms with van der Waals surface area (Å²) in [5.41, 5.74) is 0.573. The molecule has 1 aromatic carbocycles. The molecule has 0 bridgehead atoms. The van der Waals surface area contributed by atoms with Crippen LogP contribution >= 0.6 is 0 Å². The summed E-state index contributed by atoms with van der Waals surface area (Å²) in [7, 11) is 1.34. The highest BCUT2D eigenvalue weighted by molar-refractivity contribution is 5.85. The molecule has 2 atom stereocenters. The van der Waals surface area contributed by atoms with Crippen LogP contribution in [-0.4, -0.2) is 48.6 Å². The van der Waals surface area contributed by atoms with Gasteiger partial charge in [0.1, 0.15) is 0 Å². The minimum atomic E-state index is -1.06. The molecule has 0 aliphatic rings. The summed E-state index contributed by atoms with van der Waals surface area (Å²) in [5, 5.41) is 8.60. The number of benzene rings is 1. The summed E-state index contributed by atoms with van der Waals surface area (Å²) in [6, 6.07) is 8.62. The lowest BCUT2D eigenvalue weighted by Crippen LogP contribution is -2.29. The van der Waals surface area contributed by atoms with Crippen LogP contribution in [0.15, 0.2) is 30.3 Å². The lowest BCUT2D eigenvalue weighted by atomic mass is 10.1. The Labute approximate surface area is 151 Å². The van der Waals surface area contributed by atoms with Crippen LogP contribution in [0.4, 0.5) is 0 Å². The summed E-state index contributed by atoms with van der Waals surface area (Å²) in [6.45, 7) is 0.565. The minimum Gasteiger partial charge on any atom is -0.481 e. The number of rotatable bonds is 11. The van der Waals surface area contributed by atoms with E-state index in [1.54, 1.807) is 30.3 Å². The molecular weight excluding hydrogens is 344 g/mol. The van der Waals surface area contributed by atoms with Gasteiger partial charge >= 0.3 is 17.9 Å². The first-order valence-corrected chi connectivity index (χ1v) is 8.01. The van der Waals surface area contributed by atoms with Crippen LogP contribution in [-0.2, 0) is 33.4 Å². The van der Waals surface area contributed by atoms with E-state index in [1.165, 1.54) is 14.0 Å². The Balaban J connectivity index is 2.51. The Bertz CT molecular complexity index is 625. The number of methoxy groups -OCH3 is 1. The number of ketones is 1. The second-order valence-electron chi connectivity index (χ2n) is 5.51. The number of carbonyl (C=O) groups excluding carboxylic acids is 3. The van der Waals surface area contributed by atoms with Crippen molar-refractivity contribution in [1.82, 2.24) is 0 Å². The van der Waals surface area contributed by atoms with Crippen LogP contribution in [0, 0.1) is 0 Å². The zero-order valence-electron chi connectivity index (χ0n) is 14.7. The predicted molar refractivity (Wildman–Crippen MR) is 89.2 cm³/mol. The average Bonchev–Trinajstić information content (AvgIpc) is 2.60. The van der Waals surface area contributed by atoms with Crippen molar-refractivity contribution in [2.24, 2.45) is 0 Å². The van der Waals surface area contributed by atoms with E-state index in [1.807, 2.05) is 0 Å². The van der Waals surface area contributed by atoms with Crippen LogP contribution in [0.2, 0.25) is 0 Å². The Hall–Kier alpha value is -2.74. The lowest BCUT2D eigenvalue weighted by Gasteiger charge is -2.17. The van der Waals surface area contributed by atoms with E-state index in [4.69, 9.17) is 19.3 Å². The van der Waals surface area contributed by atoms with Gasteiger partial charge in [-0.3, -0.25) is 9.59 Å². The number of ether oxygens (including phenoxy) is 3. The first-order chi connectivity index (χ1) is 12.3. The number of hydrogen-bond acceptors (Lipinski definition) is 7. The lowest BCUT2D eigenvalue weighted by molar-refractivity contribution is -0.169. The molecule has 142 valence electrons. The van der Waals surface area contributed by atoms with Crippen molar-refractivity contribution in [2.45, 2.75) is 38.4 Å². The van der Waals surface area contributed by atoms with E-state index >= 15 is 0 Å². The fourth-order valence-corrected chi connectivity index (χ4v) is 2.18. The van der Waals surface area contributed by atoms with Gasteiger partial charge in [-0.05, 0) is 25.3 Å². The molecule has 0 saturated heterocycles. The topological polar surface area (TPSA) is 116 Å². The first-order valence-electron chi connectivity index (χ1n) is 8.01. The molecule has 0 fully saturated rings. The Morgan fingerprint density at radius 2 is 1.77 bits per heavy atom. The zero-order chi connectivity index (χ0) is 19.5. The van der Waals surface area contributed by atoms with Gasteiger partial charge in [-0.25, -0.2) is 9.59 Å². The second-order valence-corrected chi connectivity index (χ2v) is 5.51. The monoisotopic (exact) mass is 366 g/mol. The molecule has 0 amide bonds. The summed E-state index contributed by atoms with van der Waals surface area (Å²) in [5.74, 6) is -3.06. The van der Waals surface area contributed by atoms with Crippen LogP contribution in [0.1, 0.15) is 37.9 Å². The Morgan fingerprint density at radius 1 is 1.12 bits per heavy atom. The van der Waals surface area contributed by atoms with Gasteiger partial charge in [0.15, 0.2) is 24.6 Å². The fourth-order valence-electron chi connectivity index (χ4n) is 2.18. The van der Waals surface area contributed by atoms with E-state index < -0.39 is 42.5 Å². The molecule has 0 saturated carbocycles. The van der Waals surface area contributed by atoms with Crippen LogP contribution < -0.4 is 0 Å². The third-order valence-corrected chi connectivity index (χ3v) is 3.47. The van der Waals surface area contributed by atoms with Crippen molar-refractivity contribution in [3.8, 4) is 0 Å². The van der Waals surface area contributed by atoms with Gasteiger partial charge in [0.2, 0.25) is 0 Å². The molecule has 0 spiro atoms. The fraction of sp³-hybridized carbons (Fsp3) is 0.444. The molecule has 26 heavy (non-hydrogen) atoms. The van der Waals surface area contributed by atoms with E-state index in [2.05, 4.69) is 0 Å². The maximum absolute atomic E-state index is 12.1. The third-order valence-electron chi connectivity index (χ3n) is 3.47. The number of esters is 2. The molecule has 1 N–H and O–H groups in total. The smallest absolute Gasteiger partial charge is 0.344 e. The summed E-state index contributed by atoms with van der Waals surface area (Å²) >= 11 is 0. The maximum Gasteiger partial charge on any atom is 0.344 e. The summed E-state index contributed by atoms with van der Waals surface area (Å²) in [4.78, 5) is 45.8. The number of hydrogen-bond donors (Lipinski definition) is 1. The molecular formula is C18H22O8. The number of Topliss-reactive ketones (excluding diaryl/α,β-unsaturated/α-hetero) is 1. The van der Waals surface area contributed by atoms with E-state index in [0.717, 1.165) is 0 Å². The molecule has 8 heteroatoms. The van der Waals surface area contributed by atoms with Crippen molar-refractivity contribution in [3.05, 3.63) is 35.9 Å². The van der Waals surface area contributed by atoms with Crippen molar-refractivity contribution in [2.75, 3.05) is 13.7 Å². The van der Waals surface area contributed by atoms with Crippen LogP contribution in [0.5, 0.6) is 0 Å². The molecule has 0 aliphatic carbocycles. The quantitative estimate of drug-likeness (QED) is 0.588. The number of carboxylic acid groups (broad SMARTS) is 1. The first kappa shape index (κ1) is 21.3. The van der Waals surface area contributed by atoms with Crippen LogP contribution in [0.25, 0.3) is 0 Å². The minimum absolute atomic E-state index is 0.0893. The van der Waals surface area contributed by atoms with E-state index in [-0.39, 0.29) is 19.3 Å². The molecule has 2 unspecified atom stereocenters. The van der Waals surface area contributed by atoms with Gasteiger partial charge in [0, 0.05) is 13.5 Å². The van der Waals surface area contributed by atoms with E-state index in [0.29, 0.717) is 5.56 Å². The molecule has 0 heterocycles. The van der Waals surface area contributed by atoms with Gasteiger partial charge in [-0.15, -0.1) is 0 Å². The second kappa shape index (κ2) is 11.0. The highest BCUT2D eigenvalue weighted by atomic mass is 16.6. The van der Waals surface area contributed by atoms with Gasteiger partial charge in [-0.2, -0.15) is 0 Å². The molecule has 0 aliphatic heterocycles. The van der Waals surface area contributed by atoms with Crippen LogP contribution in [0.3, 0.4) is 0 Å². The number of carboxylic acids is 1. The standard InChI is InChI=1S/C18H22O8/c1-12(19)14(9-6-10-15(20)21)26-16(22)11-25-18(23)17(24-2)13-7-4-3-5-8-13/h3-5,7-8,14,17H,6,9-11H2,1-2H3,(H,20,21). The number of carbonyl (C=O) groups is 4. The van der Waals surface area contributed by atoms with Crippen molar-refractivity contribution in [1.29, 1.82) is 0 Å². The molecule has 1 aromatic rings. The van der Waals surface area contributed by atoms with Gasteiger partial charge in [0.05, 0.1) is 0 Å². The molecule has 0 radical (unpaired) electrons. The van der Waals surface area contributed by atoms with Crippen molar-refractivity contribution < 1.29 is 38.5 Å². The Kier molecular flexibility index (Phi) is 9.00. The average molecular weight is 366 g/mol. The molecule has 8 nitrogen and oxygen atoms in total. The predicted octanol–water partition coefficient (Wildman–Crippen LogP) is 1.67. The highest BCUT2D eigenvalue weighted by Gasteiger charge is 2.24. The SMILES string of the molecule is COC(C(=O)OCC(=O)OC(CCCC(=O)O)C(C)=O)c1ccccc1. The van der Waals surface area contributed by atoms with Crippen molar-refractivity contribution >= 4 is 23.7 Å². The maximum atomic E-state index is 12.1. The largest absolute Gasteiger partial charge is 0.481 e. The third kappa shape index (κ3) is 7.43. The van der Waals surface area contributed by atoms with Crippen molar-refractivity contribution in [3.63, 3.8) is 0 Å². The molecule has 1 rings (SSSR count). The number of aliphatic carboxylic acids is 1. The van der Waals surface area contributed by atoms with Gasteiger partial charge in [-0.1, -0.05) is 30.3 Å². The summed E-state index contributed by atoms with van der Waals surface area (Å²) in [6.07, 6.45) is -1.91. The Morgan fingerprint density at radius 3 is 2.31 bits per heavy atom. The van der Waals surface area contributed by atoms with E-state index in [9.17, 15) is 19.2 Å².